The van der Waals surface area contributed by atoms with E-state index in [4.69, 9.17) is 16.3 Å². The average molecular weight is 457 g/mol. The van der Waals surface area contributed by atoms with Gasteiger partial charge in [-0.2, -0.15) is 5.26 Å². The molecule has 28 heavy (non-hydrogen) atoms. The molecule has 0 N–H and O–H groups in total. The molecule has 140 valence electrons. The molecule has 0 saturated carbocycles. The largest absolute Gasteiger partial charge is 0.486 e. The molecule has 0 heterocycles. The van der Waals surface area contributed by atoms with Crippen LogP contribution in [0.15, 0.2) is 65.1 Å². The minimum Gasteiger partial charge on any atom is -0.486 e. The first-order chi connectivity index (χ1) is 13.5. The van der Waals surface area contributed by atoms with Crippen LogP contribution in [0.2, 0.25) is 5.02 Å². The summed E-state index contributed by atoms with van der Waals surface area (Å²) in [6.45, 7) is 2.27. The molecule has 0 radical (unpaired) electrons. The molecule has 0 atom stereocenters. The summed E-state index contributed by atoms with van der Waals surface area (Å²) in [6, 6.07) is 19.7. The highest BCUT2D eigenvalue weighted by molar-refractivity contribution is 9.10. The first-order valence-electron chi connectivity index (χ1n) is 8.51. The Morgan fingerprint density at radius 2 is 1.82 bits per heavy atom. The molecule has 0 aliphatic heterocycles. The van der Waals surface area contributed by atoms with Gasteiger partial charge in [0.2, 0.25) is 0 Å². The molecule has 0 amide bonds. The summed E-state index contributed by atoms with van der Waals surface area (Å²) in [5, 5.41) is 9.94. The third-order valence-corrected chi connectivity index (χ3v) is 4.98. The molecular formula is C23H16BrClFNO. The van der Waals surface area contributed by atoms with Crippen LogP contribution in [-0.4, -0.2) is 0 Å². The van der Waals surface area contributed by atoms with Gasteiger partial charge in [-0.05, 0) is 69.9 Å². The summed E-state index contributed by atoms with van der Waals surface area (Å²) in [5.74, 6) is 0.206. The van der Waals surface area contributed by atoms with E-state index in [1.54, 1.807) is 24.3 Å². The van der Waals surface area contributed by atoms with Crippen LogP contribution in [0.5, 0.6) is 5.75 Å². The van der Waals surface area contributed by atoms with Crippen molar-refractivity contribution in [3.8, 4) is 11.8 Å². The molecule has 0 aliphatic rings. The van der Waals surface area contributed by atoms with Crippen LogP contribution in [0.1, 0.15) is 22.3 Å². The lowest BCUT2D eigenvalue weighted by Crippen LogP contribution is -1.97. The number of aryl methyl sites for hydroxylation is 1. The zero-order valence-corrected chi connectivity index (χ0v) is 17.4. The van der Waals surface area contributed by atoms with Gasteiger partial charge in [0.1, 0.15) is 12.4 Å². The fraction of sp³-hybridized carbons (Fsp3) is 0.0870. The van der Waals surface area contributed by atoms with E-state index in [0.717, 1.165) is 22.3 Å². The van der Waals surface area contributed by atoms with Crippen LogP contribution >= 0.6 is 27.5 Å². The predicted octanol–water partition coefficient (Wildman–Crippen LogP) is 7.19. The summed E-state index contributed by atoms with van der Waals surface area (Å²) in [7, 11) is 0. The second-order valence-electron chi connectivity index (χ2n) is 6.26. The number of nitriles is 1. The molecule has 0 bridgehead atoms. The lowest BCUT2D eigenvalue weighted by Gasteiger charge is -2.11. The monoisotopic (exact) mass is 455 g/mol. The van der Waals surface area contributed by atoms with Crippen molar-refractivity contribution in [1.82, 2.24) is 0 Å². The second kappa shape index (κ2) is 9.05. The Bertz CT molecular complexity index is 1030. The summed E-state index contributed by atoms with van der Waals surface area (Å²) in [5.41, 5.74) is 4.14. The minimum atomic E-state index is -0.291. The van der Waals surface area contributed by atoms with Gasteiger partial charge in [0, 0.05) is 0 Å². The molecular weight excluding hydrogens is 441 g/mol. The van der Waals surface area contributed by atoms with E-state index >= 15 is 0 Å². The van der Waals surface area contributed by atoms with E-state index < -0.39 is 0 Å². The van der Waals surface area contributed by atoms with Crippen LogP contribution < -0.4 is 4.74 Å². The minimum absolute atomic E-state index is 0.264. The zero-order valence-electron chi connectivity index (χ0n) is 15.0. The van der Waals surface area contributed by atoms with Crippen molar-refractivity contribution in [3.63, 3.8) is 0 Å². The van der Waals surface area contributed by atoms with E-state index in [-0.39, 0.29) is 12.4 Å². The van der Waals surface area contributed by atoms with Crippen LogP contribution in [0, 0.1) is 24.1 Å². The number of hydrogen-bond acceptors (Lipinski definition) is 2. The molecule has 0 spiro atoms. The van der Waals surface area contributed by atoms with Gasteiger partial charge in [-0.25, -0.2) is 4.39 Å². The number of ether oxygens (including phenoxy) is 1. The Labute approximate surface area is 177 Å². The number of hydrogen-bond donors (Lipinski definition) is 0. The van der Waals surface area contributed by atoms with Crippen molar-refractivity contribution in [2.24, 2.45) is 0 Å². The van der Waals surface area contributed by atoms with Crippen molar-refractivity contribution in [2.75, 3.05) is 0 Å². The Balaban J connectivity index is 1.83. The van der Waals surface area contributed by atoms with Gasteiger partial charge < -0.3 is 4.74 Å². The summed E-state index contributed by atoms with van der Waals surface area (Å²) in [4.78, 5) is 0. The van der Waals surface area contributed by atoms with E-state index in [2.05, 4.69) is 22.0 Å². The molecule has 3 rings (SSSR count). The highest BCUT2D eigenvalue weighted by Gasteiger charge is 2.10. The van der Waals surface area contributed by atoms with Gasteiger partial charge in [-0.15, -0.1) is 0 Å². The van der Waals surface area contributed by atoms with Gasteiger partial charge >= 0.3 is 0 Å². The fourth-order valence-corrected chi connectivity index (χ4v) is 3.61. The number of halogens is 3. The third kappa shape index (κ3) is 5.01. The zero-order chi connectivity index (χ0) is 20.1. The summed E-state index contributed by atoms with van der Waals surface area (Å²) < 4.78 is 19.5. The molecule has 0 aliphatic carbocycles. The molecule has 3 aromatic rings. The van der Waals surface area contributed by atoms with Crippen LogP contribution in [0.3, 0.4) is 0 Å². The van der Waals surface area contributed by atoms with E-state index in [9.17, 15) is 9.65 Å². The van der Waals surface area contributed by atoms with Gasteiger partial charge in [-0.1, -0.05) is 53.6 Å². The molecule has 0 fully saturated rings. The number of nitrogens with zero attached hydrogens (tertiary/aromatic N) is 1. The highest BCUT2D eigenvalue weighted by atomic mass is 79.9. The van der Waals surface area contributed by atoms with Crippen molar-refractivity contribution in [2.45, 2.75) is 13.5 Å². The van der Waals surface area contributed by atoms with Gasteiger partial charge in [0.15, 0.2) is 5.75 Å². The number of benzene rings is 3. The molecule has 2 nitrogen and oxygen atoms in total. The lowest BCUT2D eigenvalue weighted by molar-refractivity contribution is 0.304. The van der Waals surface area contributed by atoms with Crippen molar-refractivity contribution in [3.05, 3.63) is 98.2 Å². The SMILES string of the molecule is Cc1ccc(/C(C#N)=C\c2cc(Cl)c(OCc3ccc(F)cc3)c(Br)c2)cc1. The lowest BCUT2D eigenvalue weighted by atomic mass is 10.0. The predicted molar refractivity (Wildman–Crippen MR) is 115 cm³/mol. The first kappa shape index (κ1) is 20.1. The maximum Gasteiger partial charge on any atom is 0.152 e. The average Bonchev–Trinajstić information content (AvgIpc) is 2.67. The highest BCUT2D eigenvalue weighted by Crippen LogP contribution is 2.36. The Hall–Kier alpha value is -2.61. The Morgan fingerprint density at radius 1 is 1.14 bits per heavy atom. The number of rotatable bonds is 5. The topological polar surface area (TPSA) is 33.0 Å². The summed E-state index contributed by atoms with van der Waals surface area (Å²) in [6.07, 6.45) is 1.78. The van der Waals surface area contributed by atoms with Crippen LogP contribution in [-0.2, 0) is 6.61 Å². The molecule has 5 heteroatoms. The third-order valence-electron chi connectivity index (χ3n) is 4.11. The van der Waals surface area contributed by atoms with E-state index in [1.165, 1.54) is 12.1 Å². The van der Waals surface area contributed by atoms with E-state index in [0.29, 0.717) is 20.8 Å². The maximum atomic E-state index is 13.0. The normalized spacial score (nSPS) is 11.2. The smallest absolute Gasteiger partial charge is 0.152 e. The van der Waals surface area contributed by atoms with Crippen LogP contribution in [0.4, 0.5) is 4.39 Å². The van der Waals surface area contributed by atoms with Gasteiger partial charge in [0.05, 0.1) is 21.1 Å². The standard InChI is InChI=1S/C23H16BrClFNO/c1-15-2-6-18(7-3-15)19(13-27)10-17-11-21(24)23(22(25)12-17)28-14-16-4-8-20(26)9-5-16/h2-12H,14H2,1H3/b19-10-. The van der Waals surface area contributed by atoms with Gasteiger partial charge in [-0.3, -0.25) is 0 Å². The van der Waals surface area contributed by atoms with Gasteiger partial charge in [0.25, 0.3) is 0 Å². The van der Waals surface area contributed by atoms with Crippen molar-refractivity contribution < 1.29 is 9.13 Å². The number of allylic oxidation sites excluding steroid dienone is 1. The fourth-order valence-electron chi connectivity index (χ4n) is 2.62. The van der Waals surface area contributed by atoms with Crippen molar-refractivity contribution >= 4 is 39.2 Å². The maximum absolute atomic E-state index is 13.0. The quantitative estimate of drug-likeness (QED) is 0.300. The molecule has 0 unspecified atom stereocenters. The molecule has 3 aromatic carbocycles. The van der Waals surface area contributed by atoms with Crippen molar-refractivity contribution in [1.29, 1.82) is 5.26 Å². The Morgan fingerprint density at radius 3 is 2.43 bits per heavy atom. The molecule has 0 saturated heterocycles. The first-order valence-corrected chi connectivity index (χ1v) is 9.68. The Kier molecular flexibility index (Phi) is 6.51. The van der Waals surface area contributed by atoms with Crippen LogP contribution in [0.25, 0.3) is 11.6 Å². The summed E-state index contributed by atoms with van der Waals surface area (Å²) >= 11 is 9.87. The second-order valence-corrected chi connectivity index (χ2v) is 7.53. The molecule has 0 aromatic heterocycles. The van der Waals surface area contributed by atoms with E-state index in [1.807, 2.05) is 37.3 Å².